The molecule has 1 aromatic carbocycles. The molecule has 1 rings (SSSR count). The lowest BCUT2D eigenvalue weighted by atomic mass is 10.2. The minimum Gasteiger partial charge on any atom is -0.272 e. The third-order valence-corrected chi connectivity index (χ3v) is 3.64. The van der Waals surface area contributed by atoms with Crippen LogP contribution in [0.3, 0.4) is 0 Å². The Morgan fingerprint density at radius 1 is 1.35 bits per heavy atom. The van der Waals surface area contributed by atoms with Gasteiger partial charge in [0.1, 0.15) is 5.82 Å². The highest BCUT2D eigenvalue weighted by Crippen LogP contribution is 1.99. The number of hydrazone groups is 1. The number of nitrogens with zero attached hydrogens (tertiary/aromatic N) is 2. The zero-order valence-corrected chi connectivity index (χ0v) is 11.8. The minimum atomic E-state index is -3.65. The topological polar surface area (TPSA) is 90.9 Å². The van der Waals surface area contributed by atoms with Crippen LogP contribution in [-0.4, -0.2) is 45.5 Å². The van der Waals surface area contributed by atoms with Crippen molar-refractivity contribution in [2.24, 2.45) is 5.10 Å². The van der Waals surface area contributed by atoms with Crippen molar-refractivity contribution in [1.29, 1.82) is 0 Å². The van der Waals surface area contributed by atoms with Crippen molar-refractivity contribution in [2.75, 3.05) is 20.6 Å². The molecule has 0 fully saturated rings. The van der Waals surface area contributed by atoms with Crippen molar-refractivity contribution in [3.63, 3.8) is 0 Å². The van der Waals surface area contributed by atoms with Gasteiger partial charge in [-0.25, -0.2) is 9.82 Å². The number of carbonyl (C=O) groups is 1. The SMILES string of the molecule is CN(C)S(=O)(=O)NCC(=O)NN=Cc1ccc(F)cc1. The zero-order chi connectivity index (χ0) is 15.2. The average Bonchev–Trinajstić information content (AvgIpc) is 2.39. The summed E-state index contributed by atoms with van der Waals surface area (Å²) in [5, 5.41) is 3.62. The molecule has 1 amide bonds. The van der Waals surface area contributed by atoms with Crippen LogP contribution in [0.1, 0.15) is 5.56 Å². The Hall–Kier alpha value is -1.84. The Labute approximate surface area is 116 Å². The van der Waals surface area contributed by atoms with Crippen LogP contribution in [0, 0.1) is 5.82 Å². The van der Waals surface area contributed by atoms with Gasteiger partial charge in [-0.2, -0.15) is 22.5 Å². The minimum absolute atomic E-state index is 0.371. The van der Waals surface area contributed by atoms with Gasteiger partial charge in [-0.15, -0.1) is 0 Å². The third-order valence-electron chi connectivity index (χ3n) is 2.17. The smallest absolute Gasteiger partial charge is 0.272 e. The molecule has 0 bridgehead atoms. The standard InChI is InChI=1S/C11H15FN4O3S/c1-16(2)20(18,19)14-8-11(17)15-13-7-9-3-5-10(12)6-4-9/h3-7,14H,8H2,1-2H3,(H,15,17). The first-order chi connectivity index (χ1) is 9.31. The summed E-state index contributed by atoms with van der Waals surface area (Å²) in [5.41, 5.74) is 2.75. The quantitative estimate of drug-likeness (QED) is 0.557. The van der Waals surface area contributed by atoms with Crippen molar-refractivity contribution in [2.45, 2.75) is 0 Å². The molecule has 7 nitrogen and oxygen atoms in total. The van der Waals surface area contributed by atoms with E-state index in [1.54, 1.807) is 0 Å². The van der Waals surface area contributed by atoms with E-state index < -0.39 is 22.7 Å². The van der Waals surface area contributed by atoms with E-state index in [2.05, 4.69) is 15.2 Å². The van der Waals surface area contributed by atoms with Crippen molar-refractivity contribution in [3.05, 3.63) is 35.6 Å². The van der Waals surface area contributed by atoms with Crippen LogP contribution >= 0.6 is 0 Å². The molecule has 0 radical (unpaired) electrons. The van der Waals surface area contributed by atoms with E-state index in [0.29, 0.717) is 5.56 Å². The van der Waals surface area contributed by atoms with Gasteiger partial charge in [-0.1, -0.05) is 12.1 Å². The number of hydrogen-bond donors (Lipinski definition) is 2. The van der Waals surface area contributed by atoms with Gasteiger partial charge < -0.3 is 0 Å². The van der Waals surface area contributed by atoms with Gasteiger partial charge in [-0.3, -0.25) is 4.79 Å². The number of nitrogens with one attached hydrogen (secondary N) is 2. The molecule has 20 heavy (non-hydrogen) atoms. The molecule has 0 aliphatic carbocycles. The van der Waals surface area contributed by atoms with Crippen LogP contribution < -0.4 is 10.1 Å². The van der Waals surface area contributed by atoms with E-state index in [1.165, 1.54) is 44.6 Å². The highest BCUT2D eigenvalue weighted by atomic mass is 32.2. The van der Waals surface area contributed by atoms with Crippen LogP contribution in [0.2, 0.25) is 0 Å². The Morgan fingerprint density at radius 3 is 2.50 bits per heavy atom. The molecule has 0 aromatic heterocycles. The molecule has 0 unspecified atom stereocenters. The van der Waals surface area contributed by atoms with E-state index in [1.807, 2.05) is 0 Å². The Morgan fingerprint density at radius 2 is 1.95 bits per heavy atom. The average molecular weight is 302 g/mol. The molecule has 0 atom stereocenters. The number of carbonyl (C=O) groups excluding carboxylic acids is 1. The molecule has 0 saturated heterocycles. The van der Waals surface area contributed by atoms with Crippen LogP contribution in [0.5, 0.6) is 0 Å². The fourth-order valence-corrected chi connectivity index (χ4v) is 1.62. The molecule has 2 N–H and O–H groups in total. The van der Waals surface area contributed by atoms with E-state index in [-0.39, 0.29) is 5.82 Å². The largest absolute Gasteiger partial charge is 0.279 e. The lowest BCUT2D eigenvalue weighted by molar-refractivity contribution is -0.119. The first-order valence-corrected chi connectivity index (χ1v) is 7.00. The second-order valence-electron chi connectivity index (χ2n) is 3.95. The number of benzene rings is 1. The second-order valence-corrected chi connectivity index (χ2v) is 5.92. The molecule has 0 spiro atoms. The van der Waals surface area contributed by atoms with Crippen LogP contribution in [0.4, 0.5) is 4.39 Å². The third kappa shape index (κ3) is 5.43. The van der Waals surface area contributed by atoms with Crippen LogP contribution in [0.25, 0.3) is 0 Å². The van der Waals surface area contributed by atoms with Gasteiger partial charge in [-0.05, 0) is 17.7 Å². The van der Waals surface area contributed by atoms with E-state index in [4.69, 9.17) is 0 Å². The first kappa shape index (κ1) is 16.2. The van der Waals surface area contributed by atoms with E-state index in [0.717, 1.165) is 4.31 Å². The lowest BCUT2D eigenvalue weighted by Gasteiger charge is -2.11. The molecule has 0 heterocycles. The number of halogens is 1. The molecule has 110 valence electrons. The van der Waals surface area contributed by atoms with Gasteiger partial charge in [0.2, 0.25) is 0 Å². The van der Waals surface area contributed by atoms with Gasteiger partial charge in [0.05, 0.1) is 12.8 Å². The number of hydrogen-bond acceptors (Lipinski definition) is 4. The van der Waals surface area contributed by atoms with Crippen molar-refractivity contribution in [1.82, 2.24) is 14.5 Å². The van der Waals surface area contributed by atoms with Crippen LogP contribution in [-0.2, 0) is 15.0 Å². The highest BCUT2D eigenvalue weighted by molar-refractivity contribution is 7.87. The summed E-state index contributed by atoms with van der Waals surface area (Å²) < 4.78 is 38.3. The Balaban J connectivity index is 2.42. The van der Waals surface area contributed by atoms with Crippen molar-refractivity contribution in [3.8, 4) is 0 Å². The normalized spacial score (nSPS) is 12.0. The summed E-state index contributed by atoms with van der Waals surface area (Å²) in [4.78, 5) is 11.3. The van der Waals surface area contributed by atoms with Crippen molar-refractivity contribution >= 4 is 22.3 Å². The Kier molecular flexibility index (Phi) is 5.74. The van der Waals surface area contributed by atoms with E-state index >= 15 is 0 Å². The molecular formula is C11H15FN4O3S. The summed E-state index contributed by atoms with van der Waals surface area (Å²) >= 11 is 0. The van der Waals surface area contributed by atoms with Crippen LogP contribution in [0.15, 0.2) is 29.4 Å². The first-order valence-electron chi connectivity index (χ1n) is 5.56. The summed E-state index contributed by atoms with van der Waals surface area (Å²) in [7, 11) is -0.966. The van der Waals surface area contributed by atoms with E-state index in [9.17, 15) is 17.6 Å². The monoisotopic (exact) mass is 302 g/mol. The number of amides is 1. The predicted octanol–water partition coefficient (Wildman–Crippen LogP) is -0.328. The summed E-state index contributed by atoms with van der Waals surface area (Å²) in [6.07, 6.45) is 1.32. The molecule has 9 heteroatoms. The maximum atomic E-state index is 12.6. The Bertz CT molecular complexity index is 584. The maximum absolute atomic E-state index is 12.6. The van der Waals surface area contributed by atoms with Gasteiger partial charge in [0.15, 0.2) is 0 Å². The molecule has 0 aliphatic heterocycles. The molecule has 1 aromatic rings. The number of rotatable bonds is 6. The van der Waals surface area contributed by atoms with Gasteiger partial charge in [0.25, 0.3) is 16.1 Å². The summed E-state index contributed by atoms with van der Waals surface area (Å²) in [5.74, 6) is -0.988. The molecular weight excluding hydrogens is 287 g/mol. The predicted molar refractivity (Wildman–Crippen MR) is 72.7 cm³/mol. The van der Waals surface area contributed by atoms with Crippen molar-refractivity contribution < 1.29 is 17.6 Å². The zero-order valence-electron chi connectivity index (χ0n) is 11.0. The fraction of sp³-hybridized carbons (Fsp3) is 0.273. The van der Waals surface area contributed by atoms with Gasteiger partial charge in [0, 0.05) is 14.1 Å². The fourth-order valence-electron chi connectivity index (χ4n) is 1.05. The summed E-state index contributed by atoms with van der Waals surface area (Å²) in [6.45, 7) is -0.429. The second kappa shape index (κ2) is 7.08. The lowest BCUT2D eigenvalue weighted by Crippen LogP contribution is -2.41. The maximum Gasteiger partial charge on any atom is 0.279 e. The van der Waals surface area contributed by atoms with Gasteiger partial charge >= 0.3 is 0 Å². The molecule has 0 aliphatic rings. The highest BCUT2D eigenvalue weighted by Gasteiger charge is 2.13. The summed E-state index contributed by atoms with van der Waals surface area (Å²) in [6, 6.07) is 5.49. The molecule has 0 saturated carbocycles.